The first-order chi connectivity index (χ1) is 11.3. The molecule has 5 nitrogen and oxygen atoms in total. The summed E-state index contributed by atoms with van der Waals surface area (Å²) >= 11 is 0. The molecule has 24 heavy (non-hydrogen) atoms. The molecule has 1 fully saturated rings. The van der Waals surface area contributed by atoms with Gasteiger partial charge >= 0.3 is 0 Å². The standard InChI is InChI=1S/C18H30N4O.HI/c1-19-18(20-11-14-22-12-7-4-8-13-22)21-15-17(23-2)16-9-5-3-6-10-16;/h3,5-6,9-10,17H,4,7-8,11-15H2,1-2H3,(H2,19,20,21);1H. The molecule has 1 heterocycles. The van der Waals surface area contributed by atoms with Gasteiger partial charge in [0.1, 0.15) is 0 Å². The molecule has 1 aliphatic rings. The summed E-state index contributed by atoms with van der Waals surface area (Å²) in [4.78, 5) is 6.81. The average molecular weight is 446 g/mol. The molecule has 6 heteroatoms. The van der Waals surface area contributed by atoms with E-state index in [1.807, 2.05) is 18.2 Å². The van der Waals surface area contributed by atoms with Crippen molar-refractivity contribution in [3.8, 4) is 0 Å². The molecule has 0 radical (unpaired) electrons. The van der Waals surface area contributed by atoms with Gasteiger partial charge in [-0.25, -0.2) is 0 Å². The first-order valence-electron chi connectivity index (χ1n) is 8.58. The van der Waals surface area contributed by atoms with Crippen molar-refractivity contribution in [2.45, 2.75) is 25.4 Å². The van der Waals surface area contributed by atoms with Gasteiger partial charge in [-0.2, -0.15) is 0 Å². The van der Waals surface area contributed by atoms with E-state index in [1.54, 1.807) is 14.2 Å². The molecule has 1 aromatic carbocycles. The first kappa shape index (κ1) is 21.2. The van der Waals surface area contributed by atoms with Crippen molar-refractivity contribution in [2.75, 3.05) is 46.9 Å². The van der Waals surface area contributed by atoms with Crippen LogP contribution in [0.3, 0.4) is 0 Å². The summed E-state index contributed by atoms with van der Waals surface area (Å²) in [6.07, 6.45) is 4.07. The van der Waals surface area contributed by atoms with Crippen molar-refractivity contribution in [1.29, 1.82) is 0 Å². The Hall–Kier alpha value is -0.860. The fourth-order valence-corrected chi connectivity index (χ4v) is 2.93. The summed E-state index contributed by atoms with van der Waals surface area (Å²) in [5.41, 5.74) is 1.17. The predicted molar refractivity (Wildman–Crippen MR) is 111 cm³/mol. The first-order valence-corrected chi connectivity index (χ1v) is 8.58. The van der Waals surface area contributed by atoms with Gasteiger partial charge in [-0.05, 0) is 31.5 Å². The molecule has 1 atom stereocenters. The molecule has 136 valence electrons. The molecule has 0 saturated carbocycles. The van der Waals surface area contributed by atoms with Gasteiger partial charge in [0.15, 0.2) is 5.96 Å². The number of ether oxygens (including phenoxy) is 1. The second-order valence-electron chi connectivity index (χ2n) is 5.92. The zero-order valence-corrected chi connectivity index (χ0v) is 17.2. The number of halogens is 1. The zero-order valence-electron chi connectivity index (χ0n) is 14.8. The maximum atomic E-state index is 5.58. The van der Waals surface area contributed by atoms with E-state index in [-0.39, 0.29) is 30.1 Å². The lowest BCUT2D eigenvalue weighted by Crippen LogP contribution is -2.43. The molecule has 0 spiro atoms. The minimum absolute atomic E-state index is 0. The summed E-state index contributed by atoms with van der Waals surface area (Å²) in [6.45, 7) is 5.15. The van der Waals surface area contributed by atoms with Gasteiger partial charge in [-0.1, -0.05) is 36.8 Å². The summed E-state index contributed by atoms with van der Waals surface area (Å²) < 4.78 is 5.58. The van der Waals surface area contributed by atoms with E-state index in [9.17, 15) is 0 Å². The molecule has 1 aliphatic heterocycles. The number of rotatable bonds is 7. The van der Waals surface area contributed by atoms with Crippen LogP contribution in [0.4, 0.5) is 0 Å². The normalized spacial score (nSPS) is 17.0. The Morgan fingerprint density at radius 1 is 1.17 bits per heavy atom. The molecule has 0 bridgehead atoms. The van der Waals surface area contributed by atoms with Crippen LogP contribution >= 0.6 is 24.0 Å². The second-order valence-corrected chi connectivity index (χ2v) is 5.92. The molecule has 0 aliphatic carbocycles. The number of hydrogen-bond donors (Lipinski definition) is 2. The van der Waals surface area contributed by atoms with Gasteiger partial charge in [0.05, 0.1) is 6.10 Å². The van der Waals surface area contributed by atoms with E-state index in [1.165, 1.54) is 37.9 Å². The fourth-order valence-electron chi connectivity index (χ4n) is 2.93. The van der Waals surface area contributed by atoms with E-state index in [0.717, 1.165) is 19.0 Å². The van der Waals surface area contributed by atoms with E-state index in [4.69, 9.17) is 4.74 Å². The lowest BCUT2D eigenvalue weighted by atomic mass is 10.1. The number of nitrogens with one attached hydrogen (secondary N) is 2. The number of piperidine rings is 1. The molecule has 0 aromatic heterocycles. The maximum absolute atomic E-state index is 5.58. The Balaban J connectivity index is 0.00000288. The van der Waals surface area contributed by atoms with Crippen LogP contribution in [0, 0.1) is 0 Å². The third kappa shape index (κ3) is 7.36. The van der Waals surface area contributed by atoms with E-state index in [0.29, 0.717) is 6.54 Å². The summed E-state index contributed by atoms with van der Waals surface area (Å²) in [7, 11) is 3.55. The molecule has 2 N–H and O–H groups in total. The SMILES string of the molecule is CN=C(NCCN1CCCCC1)NCC(OC)c1ccccc1.I. The lowest BCUT2D eigenvalue weighted by molar-refractivity contribution is 0.106. The maximum Gasteiger partial charge on any atom is 0.191 e. The van der Waals surface area contributed by atoms with E-state index in [2.05, 4.69) is 32.7 Å². The summed E-state index contributed by atoms with van der Waals surface area (Å²) in [5.74, 6) is 0.833. The monoisotopic (exact) mass is 446 g/mol. The number of guanidine groups is 1. The predicted octanol–water partition coefficient (Wildman–Crippen LogP) is 2.64. The largest absolute Gasteiger partial charge is 0.375 e. The van der Waals surface area contributed by atoms with Crippen LogP contribution in [-0.2, 0) is 4.74 Å². The van der Waals surface area contributed by atoms with Crippen molar-refractivity contribution in [3.63, 3.8) is 0 Å². The van der Waals surface area contributed by atoms with Crippen LogP contribution in [-0.4, -0.2) is 57.7 Å². The van der Waals surface area contributed by atoms with Crippen molar-refractivity contribution in [1.82, 2.24) is 15.5 Å². The van der Waals surface area contributed by atoms with Gasteiger partial charge in [0.2, 0.25) is 0 Å². The number of methoxy groups -OCH3 is 1. The highest BCUT2D eigenvalue weighted by Gasteiger charge is 2.12. The fraction of sp³-hybridized carbons (Fsp3) is 0.611. The molecule has 1 unspecified atom stereocenters. The third-order valence-electron chi connectivity index (χ3n) is 4.30. The van der Waals surface area contributed by atoms with Crippen LogP contribution in [0.1, 0.15) is 30.9 Å². The average Bonchev–Trinajstić information content (AvgIpc) is 2.62. The number of nitrogens with zero attached hydrogens (tertiary/aromatic N) is 2. The van der Waals surface area contributed by atoms with Crippen LogP contribution < -0.4 is 10.6 Å². The molecule has 1 saturated heterocycles. The van der Waals surface area contributed by atoms with Gasteiger partial charge in [-0.3, -0.25) is 4.99 Å². The Bertz CT molecular complexity index is 463. The van der Waals surface area contributed by atoms with Crippen molar-refractivity contribution in [3.05, 3.63) is 35.9 Å². The molecule has 2 rings (SSSR count). The zero-order chi connectivity index (χ0) is 16.3. The highest BCUT2D eigenvalue weighted by Crippen LogP contribution is 2.14. The second kappa shape index (κ2) is 12.5. The molecular weight excluding hydrogens is 415 g/mol. The smallest absolute Gasteiger partial charge is 0.191 e. The van der Waals surface area contributed by atoms with Gasteiger partial charge < -0.3 is 20.3 Å². The Morgan fingerprint density at radius 3 is 2.50 bits per heavy atom. The quantitative estimate of drug-likeness (QED) is 0.384. The molecular formula is C18H31IN4O. The van der Waals surface area contributed by atoms with E-state index < -0.39 is 0 Å². The Kier molecular flexibility index (Phi) is 11.0. The third-order valence-corrected chi connectivity index (χ3v) is 4.30. The number of aliphatic imine (C=N–C) groups is 1. The van der Waals surface area contributed by atoms with Crippen LogP contribution in [0.5, 0.6) is 0 Å². The summed E-state index contributed by atoms with van der Waals surface area (Å²) in [5, 5.41) is 6.74. The van der Waals surface area contributed by atoms with Gasteiger partial charge in [0.25, 0.3) is 0 Å². The van der Waals surface area contributed by atoms with Crippen LogP contribution in [0.2, 0.25) is 0 Å². The topological polar surface area (TPSA) is 48.9 Å². The number of hydrogen-bond acceptors (Lipinski definition) is 3. The van der Waals surface area contributed by atoms with Crippen LogP contribution in [0.15, 0.2) is 35.3 Å². The minimum Gasteiger partial charge on any atom is -0.375 e. The Labute approximate surface area is 163 Å². The van der Waals surface area contributed by atoms with Gasteiger partial charge in [-0.15, -0.1) is 24.0 Å². The summed E-state index contributed by atoms with van der Waals surface area (Å²) in [6, 6.07) is 10.3. The number of benzene rings is 1. The highest BCUT2D eigenvalue weighted by atomic mass is 127. The van der Waals surface area contributed by atoms with E-state index >= 15 is 0 Å². The highest BCUT2D eigenvalue weighted by molar-refractivity contribution is 14.0. The lowest BCUT2D eigenvalue weighted by Gasteiger charge is -2.26. The van der Waals surface area contributed by atoms with Crippen LogP contribution in [0.25, 0.3) is 0 Å². The minimum atomic E-state index is 0. The molecule has 0 amide bonds. The number of likely N-dealkylation sites (tertiary alicyclic amines) is 1. The van der Waals surface area contributed by atoms with Gasteiger partial charge in [0, 0.05) is 33.8 Å². The molecule has 1 aromatic rings. The Morgan fingerprint density at radius 2 is 1.88 bits per heavy atom. The van der Waals surface area contributed by atoms with Crippen molar-refractivity contribution < 1.29 is 4.74 Å². The van der Waals surface area contributed by atoms with Crippen molar-refractivity contribution in [2.24, 2.45) is 4.99 Å². The van der Waals surface area contributed by atoms with Crippen molar-refractivity contribution >= 4 is 29.9 Å².